The van der Waals surface area contributed by atoms with Crippen molar-refractivity contribution in [2.75, 3.05) is 57.4 Å². The third-order valence-electron chi connectivity index (χ3n) is 6.11. The maximum absolute atomic E-state index is 12.9. The fourth-order valence-electron chi connectivity index (χ4n) is 4.22. The van der Waals surface area contributed by atoms with Crippen LogP contribution in [0.15, 0.2) is 54.6 Å². The molecule has 2 aliphatic heterocycles. The number of morpholine rings is 1. The zero-order valence-corrected chi connectivity index (χ0v) is 18.0. The molecule has 2 heterocycles. The number of rotatable bonds is 6. The molecule has 0 saturated carbocycles. The van der Waals surface area contributed by atoms with E-state index in [-0.39, 0.29) is 11.8 Å². The summed E-state index contributed by atoms with van der Waals surface area (Å²) >= 11 is 0. The van der Waals surface area contributed by atoms with Crippen LogP contribution in [0.5, 0.6) is 0 Å². The first-order valence-electron chi connectivity index (χ1n) is 11.2. The van der Waals surface area contributed by atoms with Crippen molar-refractivity contribution >= 4 is 17.5 Å². The number of ether oxygens (including phenoxy) is 1. The Hall–Kier alpha value is -2.86. The van der Waals surface area contributed by atoms with E-state index in [1.807, 2.05) is 52.3 Å². The van der Waals surface area contributed by atoms with Crippen LogP contribution in [0, 0.1) is 0 Å². The molecule has 0 atom stereocenters. The Labute approximate surface area is 184 Å². The van der Waals surface area contributed by atoms with Crippen LogP contribution in [-0.4, -0.2) is 74.1 Å². The molecule has 2 amide bonds. The van der Waals surface area contributed by atoms with Crippen molar-refractivity contribution in [3.8, 4) is 0 Å². The molecule has 2 aromatic carbocycles. The summed E-state index contributed by atoms with van der Waals surface area (Å²) in [4.78, 5) is 31.4. The molecule has 0 bridgehead atoms. The molecular weight excluding hydrogens is 390 g/mol. The number of carbonyl (C=O) groups is 2. The van der Waals surface area contributed by atoms with Gasteiger partial charge in [-0.2, -0.15) is 0 Å². The van der Waals surface area contributed by atoms with Crippen LogP contribution in [0.3, 0.4) is 0 Å². The zero-order valence-electron chi connectivity index (χ0n) is 18.0. The predicted octanol–water partition coefficient (Wildman–Crippen LogP) is 2.83. The van der Waals surface area contributed by atoms with Gasteiger partial charge in [-0.25, -0.2) is 0 Å². The zero-order chi connectivity index (χ0) is 21.5. The molecule has 0 N–H and O–H groups in total. The van der Waals surface area contributed by atoms with Gasteiger partial charge >= 0.3 is 0 Å². The summed E-state index contributed by atoms with van der Waals surface area (Å²) in [5, 5.41) is 0. The normalized spacial score (nSPS) is 17.0. The number of piperazine rings is 1. The Morgan fingerprint density at radius 1 is 0.774 bits per heavy atom. The van der Waals surface area contributed by atoms with Crippen LogP contribution in [-0.2, 0) is 16.0 Å². The van der Waals surface area contributed by atoms with E-state index in [2.05, 4.69) is 17.0 Å². The number of hydrogen-bond donors (Lipinski definition) is 0. The van der Waals surface area contributed by atoms with Gasteiger partial charge in [0.1, 0.15) is 0 Å². The molecule has 0 radical (unpaired) electrons. The summed E-state index contributed by atoms with van der Waals surface area (Å²) in [6, 6.07) is 18.1. The van der Waals surface area contributed by atoms with Gasteiger partial charge in [-0.05, 0) is 42.7 Å². The Morgan fingerprint density at radius 2 is 1.42 bits per heavy atom. The van der Waals surface area contributed by atoms with E-state index in [9.17, 15) is 9.59 Å². The van der Waals surface area contributed by atoms with Gasteiger partial charge < -0.3 is 19.4 Å². The standard InChI is InChI=1S/C25H31N3O3/c29-24(8-4-7-21-5-2-1-3-6-21)27-13-15-28(16-14-27)25(30)22-9-11-23(12-10-22)26-17-19-31-20-18-26/h1-3,5-6,9-12H,4,7-8,13-20H2. The lowest BCUT2D eigenvalue weighted by Gasteiger charge is -2.35. The van der Waals surface area contributed by atoms with Crippen molar-refractivity contribution in [2.24, 2.45) is 0 Å². The molecule has 6 nitrogen and oxygen atoms in total. The number of carbonyl (C=O) groups excluding carboxylic acids is 2. The van der Waals surface area contributed by atoms with E-state index in [1.165, 1.54) is 5.56 Å². The smallest absolute Gasteiger partial charge is 0.253 e. The van der Waals surface area contributed by atoms with Crippen LogP contribution in [0.25, 0.3) is 0 Å². The van der Waals surface area contributed by atoms with Gasteiger partial charge in [-0.15, -0.1) is 0 Å². The largest absolute Gasteiger partial charge is 0.378 e. The minimum Gasteiger partial charge on any atom is -0.378 e. The van der Waals surface area contributed by atoms with Gasteiger partial charge in [0.05, 0.1) is 13.2 Å². The van der Waals surface area contributed by atoms with Gasteiger partial charge in [0, 0.05) is 56.9 Å². The lowest BCUT2D eigenvalue weighted by Crippen LogP contribution is -2.50. The second-order valence-electron chi connectivity index (χ2n) is 8.16. The Balaban J connectivity index is 1.22. The quantitative estimate of drug-likeness (QED) is 0.720. The number of nitrogens with zero attached hydrogens (tertiary/aromatic N) is 3. The highest BCUT2D eigenvalue weighted by molar-refractivity contribution is 5.94. The Kier molecular flexibility index (Phi) is 7.20. The molecular formula is C25H31N3O3. The topological polar surface area (TPSA) is 53.1 Å². The molecule has 0 spiro atoms. The van der Waals surface area contributed by atoms with Crippen LogP contribution in [0.2, 0.25) is 0 Å². The van der Waals surface area contributed by atoms with E-state index in [0.29, 0.717) is 38.2 Å². The predicted molar refractivity (Wildman–Crippen MR) is 121 cm³/mol. The number of aryl methyl sites for hydroxylation is 1. The summed E-state index contributed by atoms with van der Waals surface area (Å²) in [5.41, 5.74) is 3.11. The van der Waals surface area contributed by atoms with Crippen molar-refractivity contribution in [2.45, 2.75) is 19.3 Å². The summed E-state index contributed by atoms with van der Waals surface area (Å²) < 4.78 is 5.40. The molecule has 0 aromatic heterocycles. The van der Waals surface area contributed by atoms with E-state index in [4.69, 9.17) is 4.74 Å². The van der Waals surface area contributed by atoms with Crippen LogP contribution in [0.4, 0.5) is 5.69 Å². The molecule has 4 rings (SSSR count). The monoisotopic (exact) mass is 421 g/mol. The average Bonchev–Trinajstić information content (AvgIpc) is 2.85. The first kappa shape index (κ1) is 21.4. The third kappa shape index (κ3) is 5.64. The highest BCUT2D eigenvalue weighted by Gasteiger charge is 2.24. The molecule has 0 unspecified atom stereocenters. The molecule has 2 aromatic rings. The van der Waals surface area contributed by atoms with Crippen LogP contribution < -0.4 is 4.90 Å². The number of benzene rings is 2. The van der Waals surface area contributed by atoms with Crippen molar-refractivity contribution in [3.63, 3.8) is 0 Å². The second kappa shape index (κ2) is 10.4. The molecule has 0 aliphatic carbocycles. The van der Waals surface area contributed by atoms with Crippen LogP contribution in [0.1, 0.15) is 28.8 Å². The van der Waals surface area contributed by atoms with E-state index in [0.717, 1.165) is 44.8 Å². The Bertz CT molecular complexity index is 855. The van der Waals surface area contributed by atoms with Gasteiger partial charge in [0.25, 0.3) is 5.91 Å². The summed E-state index contributed by atoms with van der Waals surface area (Å²) in [7, 11) is 0. The number of hydrogen-bond acceptors (Lipinski definition) is 4. The highest BCUT2D eigenvalue weighted by Crippen LogP contribution is 2.18. The van der Waals surface area contributed by atoms with Crippen molar-refractivity contribution in [1.82, 2.24) is 9.80 Å². The van der Waals surface area contributed by atoms with Gasteiger partial charge in [-0.1, -0.05) is 30.3 Å². The SMILES string of the molecule is O=C(CCCc1ccccc1)N1CCN(C(=O)c2ccc(N3CCOCC3)cc2)CC1. The lowest BCUT2D eigenvalue weighted by atomic mass is 10.1. The first-order valence-corrected chi connectivity index (χ1v) is 11.2. The van der Waals surface area contributed by atoms with Gasteiger partial charge in [0.15, 0.2) is 0 Å². The van der Waals surface area contributed by atoms with Gasteiger partial charge in [0.2, 0.25) is 5.91 Å². The van der Waals surface area contributed by atoms with Crippen LogP contribution >= 0.6 is 0 Å². The molecule has 164 valence electrons. The summed E-state index contributed by atoms with van der Waals surface area (Å²) in [6.45, 7) is 5.67. The lowest BCUT2D eigenvalue weighted by molar-refractivity contribution is -0.132. The van der Waals surface area contributed by atoms with E-state index >= 15 is 0 Å². The minimum absolute atomic E-state index is 0.0460. The van der Waals surface area contributed by atoms with Crippen molar-refractivity contribution in [1.29, 1.82) is 0 Å². The molecule has 6 heteroatoms. The van der Waals surface area contributed by atoms with E-state index in [1.54, 1.807) is 0 Å². The fourth-order valence-corrected chi connectivity index (χ4v) is 4.22. The summed E-state index contributed by atoms with van der Waals surface area (Å²) in [5.74, 6) is 0.239. The average molecular weight is 422 g/mol. The first-order chi connectivity index (χ1) is 15.2. The van der Waals surface area contributed by atoms with Gasteiger partial charge in [-0.3, -0.25) is 9.59 Å². The maximum Gasteiger partial charge on any atom is 0.253 e. The number of amides is 2. The fraction of sp³-hybridized carbons (Fsp3) is 0.440. The maximum atomic E-state index is 12.9. The highest BCUT2D eigenvalue weighted by atomic mass is 16.5. The summed E-state index contributed by atoms with van der Waals surface area (Å²) in [6.07, 6.45) is 2.34. The Morgan fingerprint density at radius 3 is 2.10 bits per heavy atom. The molecule has 2 saturated heterocycles. The second-order valence-corrected chi connectivity index (χ2v) is 8.16. The molecule has 2 aliphatic rings. The third-order valence-corrected chi connectivity index (χ3v) is 6.11. The van der Waals surface area contributed by atoms with Crippen molar-refractivity contribution in [3.05, 3.63) is 65.7 Å². The number of anilines is 1. The van der Waals surface area contributed by atoms with E-state index < -0.39 is 0 Å². The minimum atomic E-state index is 0.0460. The molecule has 2 fully saturated rings. The van der Waals surface area contributed by atoms with Crippen molar-refractivity contribution < 1.29 is 14.3 Å². The molecule has 31 heavy (non-hydrogen) atoms.